The van der Waals surface area contributed by atoms with Crippen LogP contribution >= 0.6 is 0 Å². The van der Waals surface area contributed by atoms with Crippen LogP contribution in [0.1, 0.15) is 38.7 Å². The number of carbonyl (C=O) groups excluding carboxylic acids is 1. The van der Waals surface area contributed by atoms with Crippen molar-refractivity contribution in [3.63, 3.8) is 0 Å². The van der Waals surface area contributed by atoms with Crippen molar-refractivity contribution in [1.29, 1.82) is 0 Å². The van der Waals surface area contributed by atoms with Gasteiger partial charge >= 0.3 is 12.1 Å². The van der Waals surface area contributed by atoms with Crippen molar-refractivity contribution in [2.24, 2.45) is 5.92 Å². The molecule has 1 aliphatic rings. The number of nitrogens with one attached hydrogen (secondary N) is 1. The molecule has 11 heteroatoms. The molecular formula is C17H22F3N5O3. The predicted octanol–water partition coefficient (Wildman–Crippen LogP) is 2.47. The monoisotopic (exact) mass is 401 g/mol. The summed E-state index contributed by atoms with van der Waals surface area (Å²) in [6.45, 7) is 5.76. The molecule has 154 valence electrons. The molecule has 1 fully saturated rings. The lowest BCUT2D eigenvalue weighted by Crippen LogP contribution is -2.44. The van der Waals surface area contributed by atoms with Crippen LogP contribution in [0.2, 0.25) is 0 Å². The summed E-state index contributed by atoms with van der Waals surface area (Å²) in [6, 6.07) is -0.311. The molecule has 1 aliphatic heterocycles. The van der Waals surface area contributed by atoms with Crippen LogP contribution in [0.15, 0.2) is 6.20 Å². The normalized spacial score (nSPS) is 20.5. The highest BCUT2D eigenvalue weighted by Gasteiger charge is 2.37. The third-order valence-corrected chi connectivity index (χ3v) is 4.26. The lowest BCUT2D eigenvalue weighted by molar-refractivity contribution is -0.153. The minimum Gasteiger partial charge on any atom is -0.458 e. The Kier molecular flexibility index (Phi) is 5.73. The van der Waals surface area contributed by atoms with E-state index in [1.54, 1.807) is 0 Å². The highest BCUT2D eigenvalue weighted by Crippen LogP contribution is 2.32. The predicted molar refractivity (Wildman–Crippen MR) is 92.7 cm³/mol. The lowest BCUT2D eigenvalue weighted by Gasteiger charge is -2.31. The number of imidazole rings is 1. The van der Waals surface area contributed by atoms with E-state index in [1.165, 1.54) is 11.4 Å². The molecule has 2 aromatic heterocycles. The second kappa shape index (κ2) is 7.90. The molecule has 2 atom stereocenters. The van der Waals surface area contributed by atoms with Crippen LogP contribution in [0.5, 0.6) is 0 Å². The van der Waals surface area contributed by atoms with E-state index < -0.39 is 23.9 Å². The van der Waals surface area contributed by atoms with Crippen LogP contribution in [0.4, 0.5) is 19.1 Å². The fraction of sp³-hybridized carbons (Fsp3) is 0.647. The molecule has 0 unspecified atom stereocenters. The Balaban J connectivity index is 1.93. The number of rotatable bonds is 5. The first-order valence-corrected chi connectivity index (χ1v) is 8.98. The van der Waals surface area contributed by atoms with Crippen molar-refractivity contribution in [1.82, 2.24) is 19.6 Å². The number of esters is 1. The third kappa shape index (κ3) is 4.51. The number of carbonyl (C=O) groups is 1. The summed E-state index contributed by atoms with van der Waals surface area (Å²) in [5.74, 6) is 0.00295. The van der Waals surface area contributed by atoms with Crippen LogP contribution in [-0.4, -0.2) is 50.9 Å². The van der Waals surface area contributed by atoms with Gasteiger partial charge in [0.15, 0.2) is 5.69 Å². The number of ether oxygens (including phenoxy) is 2. The van der Waals surface area contributed by atoms with Crippen molar-refractivity contribution in [3.05, 3.63) is 17.7 Å². The van der Waals surface area contributed by atoms with Crippen molar-refractivity contribution in [2.75, 3.05) is 18.5 Å². The number of alkyl halides is 3. The largest absolute Gasteiger partial charge is 0.458 e. The van der Waals surface area contributed by atoms with Gasteiger partial charge in [-0.1, -0.05) is 13.8 Å². The van der Waals surface area contributed by atoms with Crippen molar-refractivity contribution in [2.45, 2.75) is 51.9 Å². The van der Waals surface area contributed by atoms with Gasteiger partial charge < -0.3 is 14.8 Å². The molecule has 0 aliphatic carbocycles. The van der Waals surface area contributed by atoms with Gasteiger partial charge in [-0.3, -0.25) is 4.79 Å². The average molecular weight is 401 g/mol. The second-order valence-electron chi connectivity index (χ2n) is 7.11. The summed E-state index contributed by atoms with van der Waals surface area (Å²) in [5, 5.41) is 7.27. The minimum absolute atomic E-state index is 0.0990. The molecule has 1 saturated heterocycles. The van der Waals surface area contributed by atoms with Crippen LogP contribution < -0.4 is 5.32 Å². The Labute approximate surface area is 159 Å². The van der Waals surface area contributed by atoms with Gasteiger partial charge in [0.05, 0.1) is 18.8 Å². The Morgan fingerprint density at radius 1 is 1.46 bits per heavy atom. The fourth-order valence-electron chi connectivity index (χ4n) is 3.09. The number of anilines is 1. The number of aromatic nitrogens is 4. The molecule has 8 nitrogen and oxygen atoms in total. The van der Waals surface area contributed by atoms with Gasteiger partial charge in [-0.2, -0.15) is 13.2 Å². The molecule has 1 N–H and O–H groups in total. The first-order valence-electron chi connectivity index (χ1n) is 8.98. The Bertz CT molecular complexity index is 852. The Morgan fingerprint density at radius 3 is 2.86 bits per heavy atom. The molecule has 0 radical (unpaired) electrons. The molecule has 0 bridgehead atoms. The summed E-state index contributed by atoms with van der Waals surface area (Å²) in [6.07, 6.45) is -3.15. The van der Waals surface area contributed by atoms with E-state index in [-0.39, 0.29) is 35.9 Å². The maximum absolute atomic E-state index is 13.3. The van der Waals surface area contributed by atoms with Gasteiger partial charge in [0, 0.05) is 20.0 Å². The zero-order chi connectivity index (χ0) is 20.5. The summed E-state index contributed by atoms with van der Waals surface area (Å²) in [5.41, 5.74) is -1.20. The first kappa shape index (κ1) is 20.3. The van der Waals surface area contributed by atoms with Crippen LogP contribution in [-0.2, 0) is 26.9 Å². The maximum Gasteiger partial charge on any atom is 0.435 e. The van der Waals surface area contributed by atoms with E-state index in [4.69, 9.17) is 9.47 Å². The third-order valence-electron chi connectivity index (χ3n) is 4.26. The van der Waals surface area contributed by atoms with Gasteiger partial charge in [-0.25, -0.2) is 14.5 Å². The van der Waals surface area contributed by atoms with Crippen LogP contribution in [0.25, 0.3) is 5.52 Å². The number of nitrogens with zero attached hydrogens (tertiary/aromatic N) is 4. The van der Waals surface area contributed by atoms with Crippen LogP contribution in [0.3, 0.4) is 0 Å². The quantitative estimate of drug-likeness (QED) is 0.770. The van der Waals surface area contributed by atoms with Gasteiger partial charge in [0.2, 0.25) is 5.95 Å². The number of fused-ring (bicyclic) bond motifs is 1. The molecule has 0 spiro atoms. The molecule has 0 amide bonds. The van der Waals surface area contributed by atoms with E-state index in [0.717, 1.165) is 6.20 Å². The Morgan fingerprint density at radius 2 is 2.21 bits per heavy atom. The van der Waals surface area contributed by atoms with Crippen molar-refractivity contribution < 1.29 is 27.4 Å². The smallest absolute Gasteiger partial charge is 0.435 e. The Hall–Kier alpha value is -2.43. The highest BCUT2D eigenvalue weighted by atomic mass is 19.4. The zero-order valence-electron chi connectivity index (χ0n) is 15.8. The first-order chi connectivity index (χ1) is 13.1. The molecular weight excluding hydrogens is 379 g/mol. The van der Waals surface area contributed by atoms with E-state index in [2.05, 4.69) is 20.4 Å². The zero-order valence-corrected chi connectivity index (χ0v) is 15.8. The van der Waals surface area contributed by atoms with Gasteiger partial charge in [-0.15, -0.1) is 5.10 Å². The molecule has 3 rings (SSSR count). The van der Waals surface area contributed by atoms with Gasteiger partial charge in [0.25, 0.3) is 0 Å². The van der Waals surface area contributed by atoms with Crippen molar-refractivity contribution >= 4 is 17.4 Å². The SMILES string of the molecule is CC(=O)O[C@@H]1COCC[C@H]1Nc1ncc2c(C(F)(F)F)nc(CC(C)C)n2n1. The summed E-state index contributed by atoms with van der Waals surface area (Å²) < 4.78 is 51.7. The standard InChI is InChI=1S/C17H22F3N5O3/c1-9(2)6-14-23-15(17(18,19)20)12-7-21-16(24-25(12)14)22-11-4-5-27-8-13(11)28-10(3)26/h7,9,11,13H,4-6,8H2,1-3H3,(H,22,24)/t11-,13-/m1/s1. The van der Waals surface area contributed by atoms with Crippen LogP contribution in [0, 0.1) is 5.92 Å². The lowest BCUT2D eigenvalue weighted by atomic mass is 10.1. The molecule has 3 heterocycles. The summed E-state index contributed by atoms with van der Waals surface area (Å²) in [7, 11) is 0. The summed E-state index contributed by atoms with van der Waals surface area (Å²) >= 11 is 0. The minimum atomic E-state index is -4.60. The average Bonchev–Trinajstić information content (AvgIpc) is 2.94. The summed E-state index contributed by atoms with van der Waals surface area (Å²) in [4.78, 5) is 19.1. The van der Waals surface area contributed by atoms with E-state index in [9.17, 15) is 18.0 Å². The number of halogens is 3. The molecule has 0 saturated carbocycles. The van der Waals surface area contributed by atoms with E-state index in [0.29, 0.717) is 19.4 Å². The number of hydrogen-bond acceptors (Lipinski definition) is 7. The fourth-order valence-corrected chi connectivity index (χ4v) is 3.09. The second-order valence-corrected chi connectivity index (χ2v) is 7.11. The van der Waals surface area contributed by atoms with E-state index >= 15 is 0 Å². The van der Waals surface area contributed by atoms with E-state index in [1.807, 2.05) is 13.8 Å². The van der Waals surface area contributed by atoms with Gasteiger partial charge in [0.1, 0.15) is 17.4 Å². The molecule has 28 heavy (non-hydrogen) atoms. The van der Waals surface area contributed by atoms with Crippen molar-refractivity contribution in [3.8, 4) is 0 Å². The number of hydrogen-bond donors (Lipinski definition) is 1. The maximum atomic E-state index is 13.3. The van der Waals surface area contributed by atoms with Gasteiger partial charge in [-0.05, 0) is 12.3 Å². The highest BCUT2D eigenvalue weighted by molar-refractivity contribution is 5.66. The molecule has 0 aromatic carbocycles. The topological polar surface area (TPSA) is 90.6 Å². The molecule has 2 aromatic rings.